The van der Waals surface area contributed by atoms with Crippen LogP contribution in [0.1, 0.15) is 16.8 Å². The van der Waals surface area contributed by atoms with Crippen LogP contribution in [-0.4, -0.2) is 39.4 Å². The number of carbonyl (C=O) groups is 1. The van der Waals surface area contributed by atoms with Gasteiger partial charge in [-0.05, 0) is 30.7 Å². The highest BCUT2D eigenvalue weighted by molar-refractivity contribution is 7.92. The van der Waals surface area contributed by atoms with Gasteiger partial charge in [0.25, 0.3) is 0 Å². The predicted molar refractivity (Wildman–Crippen MR) is 70.9 cm³/mol. The molecule has 100 valence electrons. The molecule has 0 N–H and O–H groups in total. The Labute approximate surface area is 112 Å². The van der Waals surface area contributed by atoms with Crippen molar-refractivity contribution in [3.63, 3.8) is 0 Å². The largest absolute Gasteiger partial charge is 0.385 e. The maximum Gasteiger partial charge on any atom is 0.177 e. The average molecular weight is 291 g/mol. The Balaban J connectivity index is 2.61. The first kappa shape index (κ1) is 15.1. The molecule has 0 amide bonds. The zero-order chi connectivity index (χ0) is 13.6. The molecule has 0 radical (unpaired) electrons. The van der Waals surface area contributed by atoms with Crippen molar-refractivity contribution in [3.05, 3.63) is 34.9 Å². The minimum Gasteiger partial charge on any atom is -0.385 e. The summed E-state index contributed by atoms with van der Waals surface area (Å²) in [6.45, 7) is 0.369. The van der Waals surface area contributed by atoms with Crippen molar-refractivity contribution >= 4 is 27.2 Å². The Morgan fingerprint density at radius 1 is 1.28 bits per heavy atom. The maximum absolute atomic E-state index is 11.8. The molecule has 1 aromatic rings. The van der Waals surface area contributed by atoms with E-state index in [1.807, 2.05) is 0 Å². The fourth-order valence-electron chi connectivity index (χ4n) is 1.41. The van der Waals surface area contributed by atoms with Crippen LogP contribution >= 0.6 is 11.6 Å². The minimum absolute atomic E-state index is 0.0415. The lowest BCUT2D eigenvalue weighted by Crippen LogP contribution is -2.19. The molecule has 0 aromatic heterocycles. The molecule has 0 saturated carbocycles. The maximum atomic E-state index is 11.8. The van der Waals surface area contributed by atoms with Crippen LogP contribution in [0.25, 0.3) is 0 Å². The predicted octanol–water partition coefficient (Wildman–Crippen LogP) is 1.97. The van der Waals surface area contributed by atoms with E-state index in [0.717, 1.165) is 0 Å². The molecule has 0 atom stereocenters. The summed E-state index contributed by atoms with van der Waals surface area (Å²) >= 11 is 5.69. The van der Waals surface area contributed by atoms with Gasteiger partial charge in [0.05, 0.1) is 5.75 Å². The van der Waals surface area contributed by atoms with Crippen molar-refractivity contribution in [2.75, 3.05) is 25.2 Å². The number of carbonyl (C=O) groups excluding carboxylic acids is 1. The lowest BCUT2D eigenvalue weighted by Gasteiger charge is -2.04. The van der Waals surface area contributed by atoms with Crippen molar-refractivity contribution in [2.24, 2.45) is 0 Å². The Morgan fingerprint density at radius 2 is 1.89 bits per heavy atom. The van der Waals surface area contributed by atoms with Crippen molar-refractivity contribution in [1.82, 2.24) is 0 Å². The summed E-state index contributed by atoms with van der Waals surface area (Å²) in [5.74, 6) is -0.928. The van der Waals surface area contributed by atoms with Gasteiger partial charge in [-0.3, -0.25) is 4.79 Å². The van der Waals surface area contributed by atoms with E-state index in [0.29, 0.717) is 23.6 Å². The number of ketones is 1. The molecule has 4 nitrogen and oxygen atoms in total. The van der Waals surface area contributed by atoms with E-state index < -0.39 is 21.4 Å². The molecule has 0 unspecified atom stereocenters. The van der Waals surface area contributed by atoms with E-state index >= 15 is 0 Å². The molecule has 0 spiro atoms. The molecule has 0 heterocycles. The smallest absolute Gasteiger partial charge is 0.177 e. The highest BCUT2D eigenvalue weighted by Crippen LogP contribution is 2.11. The van der Waals surface area contributed by atoms with Crippen molar-refractivity contribution in [1.29, 1.82) is 0 Å². The normalized spacial score (nSPS) is 11.4. The molecule has 18 heavy (non-hydrogen) atoms. The summed E-state index contributed by atoms with van der Waals surface area (Å²) in [5.41, 5.74) is 0.356. The van der Waals surface area contributed by atoms with Crippen LogP contribution in [0, 0.1) is 0 Å². The highest BCUT2D eigenvalue weighted by Gasteiger charge is 2.17. The molecule has 0 fully saturated rings. The van der Waals surface area contributed by atoms with Gasteiger partial charge in [-0.2, -0.15) is 0 Å². The van der Waals surface area contributed by atoms with Crippen LogP contribution in [0.5, 0.6) is 0 Å². The number of ether oxygens (including phenoxy) is 1. The number of hydrogen-bond donors (Lipinski definition) is 0. The van der Waals surface area contributed by atoms with Crippen LogP contribution in [-0.2, 0) is 14.6 Å². The van der Waals surface area contributed by atoms with E-state index in [4.69, 9.17) is 16.3 Å². The zero-order valence-corrected chi connectivity index (χ0v) is 11.6. The zero-order valence-electron chi connectivity index (χ0n) is 10.1. The van der Waals surface area contributed by atoms with Gasteiger partial charge < -0.3 is 4.74 Å². The van der Waals surface area contributed by atoms with Gasteiger partial charge in [0.15, 0.2) is 15.6 Å². The summed E-state index contributed by atoms with van der Waals surface area (Å²) in [7, 11) is -1.87. The van der Waals surface area contributed by atoms with Crippen molar-refractivity contribution < 1.29 is 17.9 Å². The van der Waals surface area contributed by atoms with Crippen LogP contribution in [0.15, 0.2) is 24.3 Å². The first-order valence-corrected chi connectivity index (χ1v) is 7.62. The van der Waals surface area contributed by atoms with E-state index in [-0.39, 0.29) is 5.75 Å². The third-order valence-electron chi connectivity index (χ3n) is 2.32. The van der Waals surface area contributed by atoms with Gasteiger partial charge >= 0.3 is 0 Å². The molecule has 6 heteroatoms. The topological polar surface area (TPSA) is 60.4 Å². The number of rotatable bonds is 7. The second kappa shape index (κ2) is 6.87. The number of halogens is 1. The molecule has 0 bridgehead atoms. The Hall–Kier alpha value is -0.910. The number of hydrogen-bond acceptors (Lipinski definition) is 4. The van der Waals surface area contributed by atoms with Crippen molar-refractivity contribution in [2.45, 2.75) is 6.42 Å². The Bertz CT molecular complexity index is 493. The van der Waals surface area contributed by atoms with Gasteiger partial charge in [0, 0.05) is 24.3 Å². The van der Waals surface area contributed by atoms with Crippen LogP contribution in [0.2, 0.25) is 5.02 Å². The molecule has 0 aliphatic rings. The van der Waals surface area contributed by atoms with E-state index in [1.165, 1.54) is 19.2 Å². The lowest BCUT2D eigenvalue weighted by atomic mass is 10.1. The fraction of sp³-hybridized carbons (Fsp3) is 0.417. The summed E-state index contributed by atoms with van der Waals surface area (Å²) in [4.78, 5) is 11.8. The Morgan fingerprint density at radius 3 is 2.44 bits per heavy atom. The van der Waals surface area contributed by atoms with Gasteiger partial charge in [0.2, 0.25) is 0 Å². The molecular weight excluding hydrogens is 276 g/mol. The van der Waals surface area contributed by atoms with E-state index in [2.05, 4.69) is 0 Å². The quantitative estimate of drug-likeness (QED) is 0.569. The second-order valence-corrected chi connectivity index (χ2v) is 6.49. The van der Waals surface area contributed by atoms with Crippen LogP contribution in [0.3, 0.4) is 0 Å². The van der Waals surface area contributed by atoms with Gasteiger partial charge in [-0.15, -0.1) is 0 Å². The standard InChI is InChI=1S/C12H15ClO4S/c1-17-7-2-8-18(15,16)9-12(14)10-3-5-11(13)6-4-10/h3-6H,2,7-9H2,1H3. The SMILES string of the molecule is COCCCS(=O)(=O)CC(=O)c1ccc(Cl)cc1. The molecule has 1 aromatic carbocycles. The van der Waals surface area contributed by atoms with Gasteiger partial charge in [0.1, 0.15) is 5.75 Å². The Kier molecular flexibility index (Phi) is 5.78. The monoisotopic (exact) mass is 290 g/mol. The average Bonchev–Trinajstić information content (AvgIpc) is 2.29. The lowest BCUT2D eigenvalue weighted by molar-refractivity contribution is 0.102. The molecule has 1 rings (SSSR count). The first-order valence-electron chi connectivity index (χ1n) is 5.43. The number of Topliss-reactive ketones (excluding diaryl/α,β-unsaturated/α-hetero) is 1. The van der Waals surface area contributed by atoms with Crippen LogP contribution in [0.4, 0.5) is 0 Å². The van der Waals surface area contributed by atoms with Crippen LogP contribution < -0.4 is 0 Å². The molecule has 0 saturated heterocycles. The summed E-state index contributed by atoms with van der Waals surface area (Å²) in [6.07, 6.45) is 0.396. The summed E-state index contributed by atoms with van der Waals surface area (Å²) < 4.78 is 28.1. The van der Waals surface area contributed by atoms with Crippen molar-refractivity contribution in [3.8, 4) is 0 Å². The number of sulfone groups is 1. The second-order valence-electron chi connectivity index (χ2n) is 3.87. The molecular formula is C12H15ClO4S. The van der Waals surface area contributed by atoms with Gasteiger partial charge in [-0.25, -0.2) is 8.42 Å². The van der Waals surface area contributed by atoms with E-state index in [1.54, 1.807) is 12.1 Å². The number of benzene rings is 1. The summed E-state index contributed by atoms with van der Waals surface area (Å²) in [5, 5.41) is 0.509. The molecule has 0 aliphatic heterocycles. The van der Waals surface area contributed by atoms with E-state index in [9.17, 15) is 13.2 Å². The third kappa shape index (κ3) is 5.16. The first-order chi connectivity index (χ1) is 8.44. The fourth-order valence-corrected chi connectivity index (χ4v) is 2.81. The highest BCUT2D eigenvalue weighted by atomic mass is 35.5. The molecule has 0 aliphatic carbocycles. The minimum atomic E-state index is -3.37. The third-order valence-corrected chi connectivity index (χ3v) is 4.19. The summed E-state index contributed by atoms with van der Waals surface area (Å²) in [6, 6.07) is 6.17. The van der Waals surface area contributed by atoms with Gasteiger partial charge in [-0.1, -0.05) is 11.6 Å². The number of methoxy groups -OCH3 is 1.